The van der Waals surface area contributed by atoms with Crippen LogP contribution in [-0.4, -0.2) is 67.6 Å². The largest absolute Gasteiger partial charge is 0.489 e. The maximum atomic E-state index is 13.0. The predicted molar refractivity (Wildman–Crippen MR) is 163 cm³/mol. The molecule has 2 heterocycles. The number of ether oxygens (including phenoxy) is 1. The van der Waals surface area contributed by atoms with Crippen LogP contribution in [0.25, 0.3) is 0 Å². The minimum Gasteiger partial charge on any atom is -0.489 e. The molecule has 1 amide bonds. The van der Waals surface area contributed by atoms with E-state index in [1.165, 1.54) is 49.9 Å². The number of nitrogens with zero attached hydrogens (tertiary/aromatic N) is 2. The molecule has 5 heteroatoms. The summed E-state index contributed by atoms with van der Waals surface area (Å²) in [6.45, 7) is 7.14. The van der Waals surface area contributed by atoms with Crippen LogP contribution in [0.15, 0.2) is 84.9 Å². The van der Waals surface area contributed by atoms with Crippen molar-refractivity contribution in [3.05, 3.63) is 102 Å². The average molecular weight is 540 g/mol. The molecule has 40 heavy (non-hydrogen) atoms. The summed E-state index contributed by atoms with van der Waals surface area (Å²) in [5.74, 6) is 1.03. The molecule has 3 aromatic carbocycles. The zero-order chi connectivity index (χ0) is 27.4. The van der Waals surface area contributed by atoms with Crippen molar-refractivity contribution in [3.63, 3.8) is 0 Å². The number of nitrogens with one attached hydrogen (secondary N) is 1. The second-order valence-electron chi connectivity index (χ2n) is 11.4. The van der Waals surface area contributed by atoms with E-state index in [1.54, 1.807) is 0 Å². The van der Waals surface area contributed by atoms with Gasteiger partial charge in [0.1, 0.15) is 11.9 Å². The lowest BCUT2D eigenvalue weighted by atomic mass is 9.90. The van der Waals surface area contributed by atoms with Crippen LogP contribution < -0.4 is 10.1 Å². The van der Waals surface area contributed by atoms with E-state index in [4.69, 9.17) is 4.74 Å². The Morgan fingerprint density at radius 1 is 0.750 bits per heavy atom. The first-order valence-electron chi connectivity index (χ1n) is 15.3. The number of hydrogen-bond donors (Lipinski definition) is 1. The second kappa shape index (κ2) is 15.0. The maximum absolute atomic E-state index is 13.0. The molecule has 0 unspecified atom stereocenters. The Labute approximate surface area is 240 Å². The standard InChI is InChI=1S/C35H45N3O2/c39-35(36-22-13-25-37-23-11-1-2-12-24-37)32-18-9-10-19-34(32)40-31-20-26-38(27-21-31)28-33(29-14-5-3-6-15-29)30-16-7-4-8-17-30/h3-10,14-19,31,33H,1-2,11-13,20-28H2,(H,36,39). The third-order valence-corrected chi connectivity index (χ3v) is 8.44. The van der Waals surface area contributed by atoms with E-state index >= 15 is 0 Å². The van der Waals surface area contributed by atoms with Crippen molar-refractivity contribution in [1.29, 1.82) is 0 Å². The van der Waals surface area contributed by atoms with E-state index < -0.39 is 0 Å². The van der Waals surface area contributed by atoms with E-state index in [2.05, 4.69) is 75.8 Å². The molecule has 0 aliphatic carbocycles. The molecule has 0 bridgehead atoms. The Morgan fingerprint density at radius 2 is 1.35 bits per heavy atom. The number of rotatable bonds is 11. The molecule has 0 aromatic heterocycles. The molecule has 2 aliphatic heterocycles. The smallest absolute Gasteiger partial charge is 0.255 e. The van der Waals surface area contributed by atoms with Crippen molar-refractivity contribution in [2.24, 2.45) is 0 Å². The molecule has 1 N–H and O–H groups in total. The molecular formula is C35H45N3O2. The third kappa shape index (κ3) is 8.18. The molecule has 0 radical (unpaired) electrons. The van der Waals surface area contributed by atoms with Gasteiger partial charge in [0.05, 0.1) is 5.56 Å². The summed E-state index contributed by atoms with van der Waals surface area (Å²) >= 11 is 0. The molecule has 2 fully saturated rings. The molecular weight excluding hydrogens is 494 g/mol. The van der Waals surface area contributed by atoms with Gasteiger partial charge in [0, 0.05) is 32.1 Å². The van der Waals surface area contributed by atoms with Gasteiger partial charge in [-0.25, -0.2) is 0 Å². The van der Waals surface area contributed by atoms with E-state index in [0.717, 1.165) is 45.4 Å². The minimum absolute atomic E-state index is 0.0301. The number of para-hydroxylation sites is 1. The van der Waals surface area contributed by atoms with Gasteiger partial charge in [0.15, 0.2) is 0 Å². The highest BCUT2D eigenvalue weighted by molar-refractivity contribution is 5.96. The van der Waals surface area contributed by atoms with E-state index in [9.17, 15) is 4.79 Å². The van der Waals surface area contributed by atoms with Gasteiger partial charge in [-0.2, -0.15) is 0 Å². The SMILES string of the molecule is O=C(NCCCN1CCCCCC1)c1ccccc1OC1CCN(CC(c2ccccc2)c2ccccc2)CC1. The Hall–Kier alpha value is -3.15. The predicted octanol–water partition coefficient (Wildman–Crippen LogP) is 6.36. The fourth-order valence-corrected chi connectivity index (χ4v) is 6.14. The first-order chi connectivity index (χ1) is 19.8. The summed E-state index contributed by atoms with van der Waals surface area (Å²) in [6.07, 6.45) is 8.34. The summed E-state index contributed by atoms with van der Waals surface area (Å²) in [4.78, 5) is 18.2. The van der Waals surface area contributed by atoms with Crippen molar-refractivity contribution in [3.8, 4) is 5.75 Å². The van der Waals surface area contributed by atoms with Crippen LogP contribution in [-0.2, 0) is 0 Å². The average Bonchev–Trinajstić information content (AvgIpc) is 3.29. The zero-order valence-corrected chi connectivity index (χ0v) is 23.8. The topological polar surface area (TPSA) is 44.8 Å². The number of hydrogen-bond acceptors (Lipinski definition) is 4. The monoisotopic (exact) mass is 539 g/mol. The van der Waals surface area contributed by atoms with Gasteiger partial charge in [-0.05, 0) is 75.0 Å². The lowest BCUT2D eigenvalue weighted by molar-refractivity contribution is 0.0899. The first-order valence-corrected chi connectivity index (χ1v) is 15.3. The van der Waals surface area contributed by atoms with Crippen molar-refractivity contribution in [2.75, 3.05) is 45.8 Å². The summed E-state index contributed by atoms with van der Waals surface area (Å²) in [5.41, 5.74) is 3.37. The van der Waals surface area contributed by atoms with Crippen molar-refractivity contribution < 1.29 is 9.53 Å². The number of carbonyl (C=O) groups is 1. The van der Waals surface area contributed by atoms with E-state index in [1.807, 2.05) is 24.3 Å². The Morgan fingerprint density at radius 3 is 2.00 bits per heavy atom. The quantitative estimate of drug-likeness (QED) is 0.288. The Balaban J connectivity index is 1.11. The summed E-state index contributed by atoms with van der Waals surface area (Å²) in [7, 11) is 0. The molecule has 212 valence electrons. The van der Waals surface area contributed by atoms with Gasteiger partial charge in [-0.1, -0.05) is 85.6 Å². The molecule has 5 nitrogen and oxygen atoms in total. The van der Waals surface area contributed by atoms with Gasteiger partial charge in [-0.3, -0.25) is 4.79 Å². The highest BCUT2D eigenvalue weighted by atomic mass is 16.5. The summed E-state index contributed by atoms with van der Waals surface area (Å²) in [6, 6.07) is 29.4. The van der Waals surface area contributed by atoms with Crippen molar-refractivity contribution in [1.82, 2.24) is 15.1 Å². The molecule has 0 spiro atoms. The molecule has 0 saturated carbocycles. The molecule has 0 atom stereocenters. The zero-order valence-electron chi connectivity index (χ0n) is 23.8. The third-order valence-electron chi connectivity index (χ3n) is 8.44. The van der Waals surface area contributed by atoms with Crippen molar-refractivity contribution >= 4 is 5.91 Å². The lowest BCUT2D eigenvalue weighted by Crippen LogP contribution is -2.40. The van der Waals surface area contributed by atoms with Gasteiger partial charge < -0.3 is 19.9 Å². The lowest BCUT2D eigenvalue weighted by Gasteiger charge is -2.35. The van der Waals surface area contributed by atoms with E-state index in [0.29, 0.717) is 23.8 Å². The molecule has 2 aliphatic rings. The second-order valence-corrected chi connectivity index (χ2v) is 11.4. The number of carbonyl (C=O) groups excluding carboxylic acids is 1. The van der Waals surface area contributed by atoms with Crippen LogP contribution in [0.5, 0.6) is 5.75 Å². The minimum atomic E-state index is -0.0301. The molecule has 3 aromatic rings. The van der Waals surface area contributed by atoms with Crippen molar-refractivity contribution in [2.45, 2.75) is 57.0 Å². The van der Waals surface area contributed by atoms with Crippen LogP contribution >= 0.6 is 0 Å². The van der Waals surface area contributed by atoms with Crippen LogP contribution in [0, 0.1) is 0 Å². The fraction of sp³-hybridized carbons (Fsp3) is 0.457. The molecule has 5 rings (SSSR count). The number of amides is 1. The normalized spacial score (nSPS) is 17.4. The Kier molecular flexibility index (Phi) is 10.7. The summed E-state index contributed by atoms with van der Waals surface area (Å²) < 4.78 is 6.45. The highest BCUT2D eigenvalue weighted by Gasteiger charge is 2.25. The van der Waals surface area contributed by atoms with Gasteiger partial charge in [0.25, 0.3) is 5.91 Å². The number of likely N-dealkylation sites (tertiary alicyclic amines) is 2. The maximum Gasteiger partial charge on any atom is 0.255 e. The fourth-order valence-electron chi connectivity index (χ4n) is 6.14. The van der Waals surface area contributed by atoms with Gasteiger partial charge in [0.2, 0.25) is 0 Å². The van der Waals surface area contributed by atoms with Gasteiger partial charge in [-0.15, -0.1) is 0 Å². The molecule has 2 saturated heterocycles. The summed E-state index contributed by atoms with van der Waals surface area (Å²) in [5, 5.41) is 3.14. The Bertz CT molecular complexity index is 1110. The van der Waals surface area contributed by atoms with Gasteiger partial charge >= 0.3 is 0 Å². The highest BCUT2D eigenvalue weighted by Crippen LogP contribution is 2.28. The first kappa shape index (κ1) is 28.4. The number of piperidine rings is 1. The number of benzene rings is 3. The van der Waals surface area contributed by atoms with Crippen LogP contribution in [0.4, 0.5) is 0 Å². The van der Waals surface area contributed by atoms with Crippen LogP contribution in [0.1, 0.15) is 72.3 Å². The van der Waals surface area contributed by atoms with Crippen LogP contribution in [0.2, 0.25) is 0 Å². The van der Waals surface area contributed by atoms with E-state index in [-0.39, 0.29) is 12.0 Å². The van der Waals surface area contributed by atoms with Crippen LogP contribution in [0.3, 0.4) is 0 Å².